The average Bonchev–Trinajstić information content (AvgIpc) is 3.09. The highest BCUT2D eigenvalue weighted by atomic mass is 32.1. The normalized spacial score (nSPS) is 16.0. The number of nitrogens with one attached hydrogen (secondary N) is 2. The first-order valence-corrected chi connectivity index (χ1v) is 8.59. The van der Waals surface area contributed by atoms with Crippen molar-refractivity contribution in [2.24, 2.45) is 0 Å². The Labute approximate surface area is 139 Å². The van der Waals surface area contributed by atoms with Gasteiger partial charge in [0.1, 0.15) is 0 Å². The van der Waals surface area contributed by atoms with Crippen molar-refractivity contribution in [1.29, 1.82) is 0 Å². The van der Waals surface area contributed by atoms with Crippen molar-refractivity contribution >= 4 is 23.2 Å². The molecule has 3 rings (SSSR count). The van der Waals surface area contributed by atoms with Gasteiger partial charge >= 0.3 is 0 Å². The summed E-state index contributed by atoms with van der Waals surface area (Å²) in [6, 6.07) is 7.19. The van der Waals surface area contributed by atoms with Gasteiger partial charge in [0.15, 0.2) is 0 Å². The number of thiazole rings is 1. The molecule has 6 heteroatoms. The molecule has 2 amide bonds. The number of carbonyl (C=O) groups is 2. The minimum absolute atomic E-state index is 0.0395. The van der Waals surface area contributed by atoms with Gasteiger partial charge in [0, 0.05) is 29.6 Å². The predicted molar refractivity (Wildman–Crippen MR) is 89.4 cm³/mol. The number of hydrogen-bond acceptors (Lipinski definition) is 4. The minimum atomic E-state index is -0.222. The van der Waals surface area contributed by atoms with Gasteiger partial charge in [-0.25, -0.2) is 4.98 Å². The second kappa shape index (κ2) is 6.91. The Bertz CT molecular complexity index is 726. The van der Waals surface area contributed by atoms with E-state index in [1.807, 2.05) is 30.5 Å². The highest BCUT2D eigenvalue weighted by molar-refractivity contribution is 7.09. The number of nitrogens with zero attached hydrogens (tertiary/aromatic N) is 1. The summed E-state index contributed by atoms with van der Waals surface area (Å²) in [7, 11) is 0. The molecule has 0 unspecified atom stereocenters. The lowest BCUT2D eigenvalue weighted by atomic mass is 10.0. The maximum Gasteiger partial charge on any atom is 0.252 e. The van der Waals surface area contributed by atoms with E-state index >= 15 is 0 Å². The summed E-state index contributed by atoms with van der Waals surface area (Å²) in [5.74, 6) is -0.139. The van der Waals surface area contributed by atoms with E-state index in [4.69, 9.17) is 0 Å². The van der Waals surface area contributed by atoms with Crippen molar-refractivity contribution < 1.29 is 9.59 Å². The quantitative estimate of drug-likeness (QED) is 0.799. The summed E-state index contributed by atoms with van der Waals surface area (Å²) in [6.45, 7) is 2.61. The average molecular weight is 329 g/mol. The Hall–Kier alpha value is -2.21. The molecule has 1 aromatic heterocycles. The number of carbonyl (C=O) groups excluding carboxylic acids is 2. The van der Waals surface area contributed by atoms with Crippen LogP contribution in [0.15, 0.2) is 29.6 Å². The zero-order valence-corrected chi connectivity index (χ0v) is 13.8. The molecule has 1 aliphatic heterocycles. The topological polar surface area (TPSA) is 71.1 Å². The molecule has 0 saturated heterocycles. The molecule has 23 heavy (non-hydrogen) atoms. The fourth-order valence-corrected chi connectivity index (χ4v) is 3.54. The molecule has 0 radical (unpaired) electrons. The smallest absolute Gasteiger partial charge is 0.252 e. The molecule has 0 bridgehead atoms. The first-order chi connectivity index (χ1) is 11.1. The van der Waals surface area contributed by atoms with Crippen LogP contribution in [0.3, 0.4) is 0 Å². The molecule has 0 aliphatic carbocycles. The van der Waals surface area contributed by atoms with Crippen LogP contribution in [0.4, 0.5) is 0 Å². The third-order valence-corrected chi connectivity index (χ3v) is 4.86. The molecule has 2 aromatic rings. The van der Waals surface area contributed by atoms with Gasteiger partial charge in [0.25, 0.3) is 5.91 Å². The second-order valence-corrected chi connectivity index (χ2v) is 6.60. The van der Waals surface area contributed by atoms with Crippen LogP contribution in [0, 0.1) is 6.92 Å². The number of amides is 2. The van der Waals surface area contributed by atoms with Crippen LogP contribution >= 0.6 is 11.3 Å². The van der Waals surface area contributed by atoms with Gasteiger partial charge in [-0.1, -0.05) is 18.2 Å². The minimum Gasteiger partial charge on any atom is -0.356 e. The Morgan fingerprint density at radius 1 is 1.39 bits per heavy atom. The molecule has 1 aliphatic rings. The van der Waals surface area contributed by atoms with Gasteiger partial charge in [-0.3, -0.25) is 9.59 Å². The number of hydrogen-bond donors (Lipinski definition) is 2. The molecule has 1 atom stereocenters. The molecule has 0 fully saturated rings. The Morgan fingerprint density at radius 3 is 3.00 bits per heavy atom. The van der Waals surface area contributed by atoms with Gasteiger partial charge in [-0.2, -0.15) is 0 Å². The predicted octanol–water partition coefficient (Wildman–Crippen LogP) is 2.38. The van der Waals surface area contributed by atoms with Crippen molar-refractivity contribution in [2.75, 3.05) is 6.54 Å². The maximum absolute atomic E-state index is 12.1. The number of rotatable bonds is 6. The largest absolute Gasteiger partial charge is 0.356 e. The zero-order valence-electron chi connectivity index (χ0n) is 13.0. The van der Waals surface area contributed by atoms with Crippen molar-refractivity contribution in [3.8, 4) is 0 Å². The molecule has 2 heterocycles. The third kappa shape index (κ3) is 3.76. The molecule has 5 nitrogen and oxygen atoms in total. The van der Waals surface area contributed by atoms with Gasteiger partial charge in [-0.05, 0) is 25.0 Å². The first-order valence-electron chi connectivity index (χ1n) is 7.71. The van der Waals surface area contributed by atoms with E-state index in [1.54, 1.807) is 17.4 Å². The van der Waals surface area contributed by atoms with Crippen molar-refractivity contribution in [1.82, 2.24) is 15.6 Å². The molecule has 0 spiro atoms. The van der Waals surface area contributed by atoms with Gasteiger partial charge in [0.2, 0.25) is 5.91 Å². The zero-order chi connectivity index (χ0) is 16.2. The van der Waals surface area contributed by atoms with E-state index < -0.39 is 0 Å². The monoisotopic (exact) mass is 329 g/mol. The molecule has 1 aromatic carbocycles. The lowest BCUT2D eigenvalue weighted by Gasteiger charge is -2.11. The standard InChI is InChI=1S/C17H19N3O2S/c1-11-10-23-16(19-11)7-4-8-18-15(21)9-14-12-5-2-3-6-13(12)17(22)20-14/h2-3,5-6,10,14H,4,7-9H2,1H3,(H,18,21)(H,20,22)/t14-/m0/s1. The van der Waals surface area contributed by atoms with Crippen LogP contribution in [0.1, 0.15) is 45.5 Å². The SMILES string of the molecule is Cc1csc(CCCNC(=O)C[C@@H]2NC(=O)c3ccccc32)n1. The summed E-state index contributed by atoms with van der Waals surface area (Å²) < 4.78 is 0. The van der Waals surface area contributed by atoms with E-state index in [0.717, 1.165) is 29.1 Å². The third-order valence-electron chi connectivity index (χ3n) is 3.83. The van der Waals surface area contributed by atoms with Crippen LogP contribution < -0.4 is 10.6 Å². The van der Waals surface area contributed by atoms with Gasteiger partial charge in [-0.15, -0.1) is 11.3 Å². The van der Waals surface area contributed by atoms with Crippen molar-refractivity contribution in [2.45, 2.75) is 32.2 Å². The van der Waals surface area contributed by atoms with Crippen LogP contribution in [-0.4, -0.2) is 23.3 Å². The molecular weight excluding hydrogens is 310 g/mol. The fourth-order valence-electron chi connectivity index (χ4n) is 2.72. The summed E-state index contributed by atoms with van der Waals surface area (Å²) in [5, 5.41) is 8.92. The number of aromatic nitrogens is 1. The summed E-state index contributed by atoms with van der Waals surface area (Å²) in [5.41, 5.74) is 2.63. The van der Waals surface area contributed by atoms with E-state index in [1.165, 1.54) is 0 Å². The highest BCUT2D eigenvalue weighted by Crippen LogP contribution is 2.27. The van der Waals surface area contributed by atoms with E-state index in [0.29, 0.717) is 12.1 Å². The van der Waals surface area contributed by atoms with E-state index in [2.05, 4.69) is 15.6 Å². The Kier molecular flexibility index (Phi) is 4.71. The Balaban J connectivity index is 1.44. The molecular formula is C17H19N3O2S. The summed E-state index contributed by atoms with van der Waals surface area (Å²) in [6.07, 6.45) is 2.02. The van der Waals surface area contributed by atoms with E-state index in [-0.39, 0.29) is 24.3 Å². The summed E-state index contributed by atoms with van der Waals surface area (Å²) in [4.78, 5) is 28.3. The fraction of sp³-hybridized carbons (Fsp3) is 0.353. The van der Waals surface area contributed by atoms with Crippen molar-refractivity contribution in [3.05, 3.63) is 51.5 Å². The number of aryl methyl sites for hydroxylation is 2. The van der Waals surface area contributed by atoms with Gasteiger partial charge in [0.05, 0.1) is 17.5 Å². The molecule has 2 N–H and O–H groups in total. The van der Waals surface area contributed by atoms with Crippen LogP contribution in [-0.2, 0) is 11.2 Å². The lowest BCUT2D eigenvalue weighted by Crippen LogP contribution is -2.29. The maximum atomic E-state index is 12.1. The van der Waals surface area contributed by atoms with Gasteiger partial charge < -0.3 is 10.6 Å². The number of fused-ring (bicyclic) bond motifs is 1. The Morgan fingerprint density at radius 2 is 2.22 bits per heavy atom. The van der Waals surface area contributed by atoms with Crippen LogP contribution in [0.2, 0.25) is 0 Å². The molecule has 120 valence electrons. The number of benzene rings is 1. The van der Waals surface area contributed by atoms with Crippen molar-refractivity contribution in [3.63, 3.8) is 0 Å². The lowest BCUT2D eigenvalue weighted by molar-refractivity contribution is -0.121. The first kappa shape index (κ1) is 15.7. The summed E-state index contributed by atoms with van der Waals surface area (Å²) >= 11 is 1.66. The van der Waals surface area contributed by atoms with E-state index in [9.17, 15) is 9.59 Å². The highest BCUT2D eigenvalue weighted by Gasteiger charge is 2.29. The second-order valence-electron chi connectivity index (χ2n) is 5.65. The van der Waals surface area contributed by atoms with Crippen LogP contribution in [0.25, 0.3) is 0 Å². The molecule has 0 saturated carbocycles. The van der Waals surface area contributed by atoms with Crippen LogP contribution in [0.5, 0.6) is 0 Å².